The summed E-state index contributed by atoms with van der Waals surface area (Å²) in [5.74, 6) is 0.372. The first-order valence-corrected chi connectivity index (χ1v) is 6.79. The number of hydrogen-bond donors (Lipinski definition) is 1. The van der Waals surface area contributed by atoms with Gasteiger partial charge in [0, 0.05) is 37.2 Å². The predicted octanol–water partition coefficient (Wildman–Crippen LogP) is 1.79. The van der Waals surface area contributed by atoms with Gasteiger partial charge in [0.1, 0.15) is 0 Å². The molecule has 0 saturated heterocycles. The number of benzene rings is 1. The van der Waals surface area contributed by atoms with Crippen molar-refractivity contribution in [2.75, 3.05) is 32.9 Å². The van der Waals surface area contributed by atoms with Crippen molar-refractivity contribution in [3.8, 4) is 0 Å². The van der Waals surface area contributed by atoms with E-state index in [2.05, 4.69) is 5.32 Å². The van der Waals surface area contributed by atoms with Gasteiger partial charge in [-0.2, -0.15) is 0 Å². The minimum absolute atomic E-state index is 0. The minimum Gasteiger partial charge on any atom is -0.344 e. The summed E-state index contributed by atoms with van der Waals surface area (Å²) in [4.78, 5) is 24.3. The zero-order chi connectivity index (χ0) is 14.3. The van der Waals surface area contributed by atoms with Gasteiger partial charge in [0.05, 0.1) is 10.7 Å². The second-order valence-electron chi connectivity index (χ2n) is 3.96. The number of nitrogens with zero attached hydrogens (tertiary/aromatic N) is 2. The van der Waals surface area contributed by atoms with E-state index in [1.54, 1.807) is 24.1 Å². The number of thioether (sulfide) groups is 1. The van der Waals surface area contributed by atoms with Crippen LogP contribution in [-0.2, 0) is 4.79 Å². The molecule has 8 heteroatoms. The van der Waals surface area contributed by atoms with Crippen molar-refractivity contribution < 1.29 is 9.72 Å². The summed E-state index contributed by atoms with van der Waals surface area (Å²) in [6, 6.07) is 6.20. The number of rotatable bonds is 7. The zero-order valence-corrected chi connectivity index (χ0v) is 13.0. The number of likely N-dealkylation sites (N-methyl/N-ethyl adjacent to an activating group) is 2. The van der Waals surface area contributed by atoms with Crippen LogP contribution in [0, 0.1) is 10.1 Å². The molecule has 0 saturated carbocycles. The molecule has 1 amide bonds. The second kappa shape index (κ2) is 9.57. The van der Waals surface area contributed by atoms with Gasteiger partial charge in [0.25, 0.3) is 5.69 Å². The average molecular weight is 320 g/mol. The van der Waals surface area contributed by atoms with Gasteiger partial charge in [-0.25, -0.2) is 0 Å². The summed E-state index contributed by atoms with van der Waals surface area (Å²) < 4.78 is 0. The lowest BCUT2D eigenvalue weighted by atomic mass is 10.3. The Labute approximate surface area is 128 Å². The van der Waals surface area contributed by atoms with Gasteiger partial charge in [-0.05, 0) is 19.2 Å². The molecule has 0 aromatic heterocycles. The van der Waals surface area contributed by atoms with Gasteiger partial charge in [0.2, 0.25) is 5.91 Å². The van der Waals surface area contributed by atoms with Crippen molar-refractivity contribution in [1.82, 2.24) is 10.2 Å². The van der Waals surface area contributed by atoms with Crippen LogP contribution in [0.15, 0.2) is 29.2 Å². The van der Waals surface area contributed by atoms with Gasteiger partial charge in [-0.3, -0.25) is 14.9 Å². The summed E-state index contributed by atoms with van der Waals surface area (Å²) in [5.41, 5.74) is 0.0572. The Bertz CT molecular complexity index is 442. The van der Waals surface area contributed by atoms with Crippen LogP contribution < -0.4 is 5.32 Å². The molecule has 0 spiro atoms. The number of nitrogens with one attached hydrogen (secondary N) is 1. The van der Waals surface area contributed by atoms with E-state index < -0.39 is 4.92 Å². The Morgan fingerprint density at radius 1 is 1.40 bits per heavy atom. The van der Waals surface area contributed by atoms with E-state index in [9.17, 15) is 14.9 Å². The molecule has 0 aliphatic rings. The van der Waals surface area contributed by atoms with Crippen molar-refractivity contribution in [2.45, 2.75) is 4.90 Å². The monoisotopic (exact) mass is 319 g/mol. The van der Waals surface area contributed by atoms with E-state index in [4.69, 9.17) is 0 Å². The zero-order valence-electron chi connectivity index (χ0n) is 11.4. The standard InChI is InChI=1S/C12H17N3O3S.ClH/c1-13-7-8-14(2)12(16)9-19-11-5-3-10(4-6-11)15(17)18;/h3-6,13H,7-9H2,1-2H3;1H. The molecule has 0 unspecified atom stereocenters. The average Bonchev–Trinajstić information content (AvgIpc) is 2.42. The van der Waals surface area contributed by atoms with Crippen molar-refractivity contribution >= 4 is 35.8 Å². The van der Waals surface area contributed by atoms with E-state index in [0.717, 1.165) is 11.4 Å². The van der Waals surface area contributed by atoms with Crippen molar-refractivity contribution in [2.24, 2.45) is 0 Å². The molecule has 0 atom stereocenters. The number of nitro benzene ring substituents is 1. The van der Waals surface area contributed by atoms with E-state index in [1.807, 2.05) is 7.05 Å². The van der Waals surface area contributed by atoms with Crippen LogP contribution in [0.25, 0.3) is 0 Å². The third-order valence-electron chi connectivity index (χ3n) is 2.53. The van der Waals surface area contributed by atoms with Crippen LogP contribution >= 0.6 is 24.2 Å². The van der Waals surface area contributed by atoms with Crippen molar-refractivity contribution in [1.29, 1.82) is 0 Å². The van der Waals surface area contributed by atoms with Crippen LogP contribution in [0.4, 0.5) is 5.69 Å². The first kappa shape index (κ1) is 18.7. The fourth-order valence-corrected chi connectivity index (χ4v) is 2.16. The highest BCUT2D eigenvalue weighted by Gasteiger charge is 2.09. The number of carbonyl (C=O) groups is 1. The molecule has 0 aliphatic carbocycles. The highest BCUT2D eigenvalue weighted by molar-refractivity contribution is 8.00. The largest absolute Gasteiger partial charge is 0.344 e. The van der Waals surface area contributed by atoms with Gasteiger partial charge < -0.3 is 10.2 Å². The van der Waals surface area contributed by atoms with E-state index in [1.165, 1.54) is 23.9 Å². The van der Waals surface area contributed by atoms with Gasteiger partial charge in [0.15, 0.2) is 0 Å². The Balaban J connectivity index is 0.00000361. The summed E-state index contributed by atoms with van der Waals surface area (Å²) in [6.45, 7) is 1.42. The molecule has 1 aromatic carbocycles. The van der Waals surface area contributed by atoms with E-state index >= 15 is 0 Å². The number of hydrogen-bond acceptors (Lipinski definition) is 5. The smallest absolute Gasteiger partial charge is 0.269 e. The molecule has 0 heterocycles. The third kappa shape index (κ3) is 6.23. The third-order valence-corrected chi connectivity index (χ3v) is 3.53. The molecule has 0 bridgehead atoms. The lowest BCUT2D eigenvalue weighted by Crippen LogP contribution is -2.33. The summed E-state index contributed by atoms with van der Waals surface area (Å²) in [6.07, 6.45) is 0. The molecule has 1 rings (SSSR count). The topological polar surface area (TPSA) is 75.5 Å². The van der Waals surface area contributed by atoms with Crippen LogP contribution in [0.2, 0.25) is 0 Å². The number of non-ortho nitro benzene ring substituents is 1. The second-order valence-corrected chi connectivity index (χ2v) is 5.01. The fourth-order valence-electron chi connectivity index (χ4n) is 1.32. The fraction of sp³-hybridized carbons (Fsp3) is 0.417. The van der Waals surface area contributed by atoms with E-state index in [-0.39, 0.29) is 24.0 Å². The molecule has 20 heavy (non-hydrogen) atoms. The predicted molar refractivity (Wildman–Crippen MR) is 82.6 cm³/mol. The number of halogens is 1. The molecule has 112 valence electrons. The van der Waals surface area contributed by atoms with Gasteiger partial charge in [-0.1, -0.05) is 0 Å². The molecule has 1 aromatic rings. The minimum atomic E-state index is -0.439. The SMILES string of the molecule is CNCCN(C)C(=O)CSc1ccc([N+](=O)[O-])cc1.Cl. The highest BCUT2D eigenvalue weighted by atomic mass is 35.5. The highest BCUT2D eigenvalue weighted by Crippen LogP contribution is 2.21. The van der Waals surface area contributed by atoms with Crippen LogP contribution in [0.1, 0.15) is 0 Å². The maximum absolute atomic E-state index is 11.8. The quantitative estimate of drug-likeness (QED) is 0.471. The van der Waals surface area contributed by atoms with E-state index in [0.29, 0.717) is 12.3 Å². The summed E-state index contributed by atoms with van der Waals surface area (Å²) in [7, 11) is 3.60. The molecule has 0 radical (unpaired) electrons. The number of nitro groups is 1. The van der Waals surface area contributed by atoms with Gasteiger partial charge in [-0.15, -0.1) is 24.2 Å². The lowest BCUT2D eigenvalue weighted by Gasteiger charge is -2.16. The molecular weight excluding hydrogens is 302 g/mol. The van der Waals surface area contributed by atoms with Crippen LogP contribution in [-0.4, -0.2) is 48.7 Å². The summed E-state index contributed by atoms with van der Waals surface area (Å²) in [5, 5.41) is 13.5. The van der Waals surface area contributed by atoms with Crippen molar-refractivity contribution in [3.05, 3.63) is 34.4 Å². The van der Waals surface area contributed by atoms with Crippen molar-refractivity contribution in [3.63, 3.8) is 0 Å². The van der Waals surface area contributed by atoms with Crippen LogP contribution in [0.3, 0.4) is 0 Å². The Hall–Kier alpha value is -1.31. The summed E-state index contributed by atoms with van der Waals surface area (Å²) >= 11 is 1.38. The normalized spacial score (nSPS) is 9.70. The lowest BCUT2D eigenvalue weighted by molar-refractivity contribution is -0.384. The Kier molecular flexibility index (Phi) is 8.94. The van der Waals surface area contributed by atoms with Crippen LogP contribution in [0.5, 0.6) is 0 Å². The molecule has 1 N–H and O–H groups in total. The number of carbonyl (C=O) groups excluding carboxylic acids is 1. The first-order valence-electron chi connectivity index (χ1n) is 5.80. The Morgan fingerprint density at radius 2 is 2.00 bits per heavy atom. The first-order chi connectivity index (χ1) is 9.04. The molecular formula is C12H18ClN3O3S. The molecule has 6 nitrogen and oxygen atoms in total. The Morgan fingerprint density at radius 3 is 2.50 bits per heavy atom. The molecule has 0 fully saturated rings. The number of amides is 1. The maximum Gasteiger partial charge on any atom is 0.269 e. The maximum atomic E-state index is 11.8. The van der Waals surface area contributed by atoms with Gasteiger partial charge >= 0.3 is 0 Å². The molecule has 0 aliphatic heterocycles.